The molecule has 3 aromatic rings. The number of carbonyl (C=O) groups excluding carboxylic acids is 2. The summed E-state index contributed by atoms with van der Waals surface area (Å²) in [6, 6.07) is 4.51. The molecule has 0 bridgehead atoms. The predicted octanol–water partition coefficient (Wildman–Crippen LogP) is 4.73. The van der Waals surface area contributed by atoms with Crippen LogP contribution < -0.4 is 10.2 Å². The summed E-state index contributed by atoms with van der Waals surface area (Å²) in [6.45, 7) is 3.76. The van der Waals surface area contributed by atoms with Gasteiger partial charge in [0.25, 0.3) is 11.8 Å². The topological polar surface area (TPSA) is 80.1 Å². The molecule has 32 heavy (non-hydrogen) atoms. The minimum Gasteiger partial charge on any atom is -0.320 e. The van der Waals surface area contributed by atoms with E-state index in [2.05, 4.69) is 15.4 Å². The third-order valence-corrected chi connectivity index (χ3v) is 5.37. The average molecular weight is 464 g/mol. The van der Waals surface area contributed by atoms with Crippen molar-refractivity contribution < 1.29 is 22.8 Å². The quantitative estimate of drug-likeness (QED) is 0.609. The van der Waals surface area contributed by atoms with Gasteiger partial charge in [0.1, 0.15) is 5.69 Å². The van der Waals surface area contributed by atoms with Crippen molar-refractivity contribution in [2.75, 3.05) is 16.8 Å². The largest absolute Gasteiger partial charge is 0.417 e. The van der Waals surface area contributed by atoms with Crippen molar-refractivity contribution >= 4 is 34.8 Å². The van der Waals surface area contributed by atoms with Gasteiger partial charge in [0.2, 0.25) is 0 Å². The zero-order chi connectivity index (χ0) is 23.2. The second-order valence-corrected chi connectivity index (χ2v) is 7.89. The van der Waals surface area contributed by atoms with E-state index in [0.717, 1.165) is 17.7 Å². The highest BCUT2D eigenvalue weighted by Crippen LogP contribution is 2.37. The van der Waals surface area contributed by atoms with Crippen LogP contribution in [0.3, 0.4) is 0 Å². The lowest BCUT2D eigenvalue weighted by atomic mass is 10.1. The Labute approximate surface area is 185 Å². The number of hydrogen-bond donors (Lipinski definition) is 1. The zero-order valence-corrected chi connectivity index (χ0v) is 17.7. The maximum absolute atomic E-state index is 13.3. The second kappa shape index (κ2) is 7.94. The molecule has 1 N–H and O–H groups in total. The number of nitrogens with one attached hydrogen (secondary N) is 1. The first-order valence-electron chi connectivity index (χ1n) is 9.55. The number of amides is 2. The number of aromatic nitrogens is 3. The van der Waals surface area contributed by atoms with Crippen LogP contribution in [0.2, 0.25) is 5.02 Å². The summed E-state index contributed by atoms with van der Waals surface area (Å²) in [6.07, 6.45) is -0.202. The van der Waals surface area contributed by atoms with Gasteiger partial charge in [0.15, 0.2) is 0 Å². The Hall–Kier alpha value is -3.40. The fraction of sp³-hybridized carbons (Fsp3) is 0.238. The number of halogens is 4. The summed E-state index contributed by atoms with van der Waals surface area (Å²) in [4.78, 5) is 31.4. The second-order valence-electron chi connectivity index (χ2n) is 7.48. The molecule has 4 rings (SSSR count). The third-order valence-electron chi connectivity index (χ3n) is 5.05. The van der Waals surface area contributed by atoms with Crippen molar-refractivity contribution in [1.82, 2.24) is 14.8 Å². The van der Waals surface area contributed by atoms with Gasteiger partial charge in [-0.2, -0.15) is 18.3 Å². The summed E-state index contributed by atoms with van der Waals surface area (Å²) in [5, 5.41) is 6.35. The highest BCUT2D eigenvalue weighted by Gasteiger charge is 2.37. The van der Waals surface area contributed by atoms with Crippen molar-refractivity contribution in [1.29, 1.82) is 0 Å². The van der Waals surface area contributed by atoms with E-state index in [1.165, 1.54) is 28.0 Å². The highest BCUT2D eigenvalue weighted by atomic mass is 35.5. The van der Waals surface area contributed by atoms with Crippen LogP contribution in [0, 0.1) is 6.92 Å². The van der Waals surface area contributed by atoms with Gasteiger partial charge in [-0.25, -0.2) is 0 Å². The molecule has 0 aliphatic carbocycles. The Kier molecular flexibility index (Phi) is 5.41. The van der Waals surface area contributed by atoms with Gasteiger partial charge in [-0.1, -0.05) is 11.6 Å². The number of anilines is 2. The van der Waals surface area contributed by atoms with Crippen LogP contribution in [-0.2, 0) is 6.18 Å². The van der Waals surface area contributed by atoms with Crippen molar-refractivity contribution in [2.45, 2.75) is 26.1 Å². The molecule has 0 unspecified atom stereocenters. The maximum Gasteiger partial charge on any atom is 0.417 e. The molecule has 2 aromatic heterocycles. The first kappa shape index (κ1) is 21.8. The summed E-state index contributed by atoms with van der Waals surface area (Å²) in [5.41, 5.74) is 0.593. The predicted molar refractivity (Wildman–Crippen MR) is 112 cm³/mol. The number of pyridine rings is 1. The fourth-order valence-corrected chi connectivity index (χ4v) is 3.86. The van der Waals surface area contributed by atoms with Gasteiger partial charge < -0.3 is 10.2 Å². The van der Waals surface area contributed by atoms with Crippen molar-refractivity contribution in [3.05, 3.63) is 70.3 Å². The van der Waals surface area contributed by atoms with Crippen molar-refractivity contribution in [3.63, 3.8) is 0 Å². The first-order valence-corrected chi connectivity index (χ1v) is 9.93. The highest BCUT2D eigenvalue weighted by molar-refractivity contribution is 6.32. The van der Waals surface area contributed by atoms with Crippen LogP contribution in [0.1, 0.15) is 44.9 Å². The van der Waals surface area contributed by atoms with Crippen LogP contribution in [-0.4, -0.2) is 33.1 Å². The number of hydrogen-bond acceptors (Lipinski definition) is 4. The van der Waals surface area contributed by atoms with Gasteiger partial charge in [-0.15, -0.1) is 0 Å². The van der Waals surface area contributed by atoms with Gasteiger partial charge in [-0.05, 0) is 43.7 Å². The lowest BCUT2D eigenvalue weighted by Crippen LogP contribution is -2.43. The van der Waals surface area contributed by atoms with Crippen LogP contribution in [0.25, 0.3) is 0 Å². The lowest BCUT2D eigenvalue weighted by Gasteiger charge is -2.32. The van der Waals surface area contributed by atoms with E-state index in [0.29, 0.717) is 5.69 Å². The summed E-state index contributed by atoms with van der Waals surface area (Å²) in [5.74, 6) is -1.12. The molecule has 1 atom stereocenters. The third kappa shape index (κ3) is 3.93. The molecule has 1 aliphatic heterocycles. The molecule has 0 spiro atoms. The molecule has 0 fully saturated rings. The molecule has 11 heteroatoms. The monoisotopic (exact) mass is 463 g/mol. The molecule has 0 radical (unpaired) electrons. The number of aryl methyl sites for hydroxylation is 1. The Morgan fingerprint density at radius 2 is 1.97 bits per heavy atom. The van der Waals surface area contributed by atoms with Crippen molar-refractivity contribution in [3.8, 4) is 0 Å². The molecule has 1 aliphatic rings. The van der Waals surface area contributed by atoms with E-state index in [-0.39, 0.29) is 29.5 Å². The zero-order valence-electron chi connectivity index (χ0n) is 16.9. The Balaban J connectivity index is 1.67. The normalized spacial score (nSPS) is 16.1. The van der Waals surface area contributed by atoms with Gasteiger partial charge in [0.05, 0.1) is 40.3 Å². The van der Waals surface area contributed by atoms with Crippen LogP contribution in [0.15, 0.2) is 42.9 Å². The van der Waals surface area contributed by atoms with E-state index in [9.17, 15) is 22.8 Å². The minimum atomic E-state index is -4.61. The lowest BCUT2D eigenvalue weighted by molar-refractivity contribution is -0.137. The van der Waals surface area contributed by atoms with E-state index in [4.69, 9.17) is 11.6 Å². The SMILES string of the molecule is Cc1cncc(NC(=O)c2cnn3c2C(=O)N(c2ccc(C(F)(F)F)c(Cl)c2)C[C@@H]3C)c1. The van der Waals surface area contributed by atoms with E-state index >= 15 is 0 Å². The number of carbonyl (C=O) groups is 2. The molecular weight excluding hydrogens is 447 g/mol. The maximum atomic E-state index is 13.3. The smallest absolute Gasteiger partial charge is 0.320 e. The molecule has 7 nitrogen and oxygen atoms in total. The molecule has 0 saturated heterocycles. The number of benzene rings is 1. The number of alkyl halides is 3. The fourth-order valence-electron chi connectivity index (χ4n) is 3.57. The average Bonchev–Trinajstić information content (AvgIpc) is 3.16. The van der Waals surface area contributed by atoms with Crippen LogP contribution in [0.5, 0.6) is 0 Å². The first-order chi connectivity index (χ1) is 15.1. The molecule has 2 amide bonds. The standard InChI is InChI=1S/C21H17ClF3N5O2/c1-11-5-13(8-26-7-11)28-19(31)15-9-27-30-12(2)10-29(20(32)18(15)30)14-3-4-16(17(22)6-14)21(23,24)25/h3-9,12H,10H2,1-2H3,(H,28,31)/t12-/m0/s1. The van der Waals surface area contributed by atoms with Gasteiger partial charge >= 0.3 is 6.18 Å². The van der Waals surface area contributed by atoms with Crippen LogP contribution in [0.4, 0.5) is 24.5 Å². The van der Waals surface area contributed by atoms with E-state index in [1.54, 1.807) is 19.2 Å². The summed E-state index contributed by atoms with van der Waals surface area (Å²) < 4.78 is 40.5. The summed E-state index contributed by atoms with van der Waals surface area (Å²) >= 11 is 5.84. The van der Waals surface area contributed by atoms with Gasteiger partial charge in [-0.3, -0.25) is 19.3 Å². The van der Waals surface area contributed by atoms with E-state index < -0.39 is 28.6 Å². The number of nitrogens with zero attached hydrogens (tertiary/aromatic N) is 4. The Bertz CT molecular complexity index is 1220. The Morgan fingerprint density at radius 1 is 1.22 bits per heavy atom. The minimum absolute atomic E-state index is 0.0397. The van der Waals surface area contributed by atoms with Crippen LogP contribution >= 0.6 is 11.6 Å². The van der Waals surface area contributed by atoms with Crippen molar-refractivity contribution in [2.24, 2.45) is 0 Å². The van der Waals surface area contributed by atoms with E-state index in [1.807, 2.05) is 6.92 Å². The molecule has 166 valence electrons. The number of rotatable bonds is 3. The molecule has 3 heterocycles. The molecule has 1 aromatic carbocycles. The summed E-state index contributed by atoms with van der Waals surface area (Å²) in [7, 11) is 0. The number of fused-ring (bicyclic) bond motifs is 1. The van der Waals surface area contributed by atoms with Gasteiger partial charge in [0, 0.05) is 18.4 Å². The molecular formula is C21H17ClF3N5O2. The Morgan fingerprint density at radius 3 is 2.62 bits per heavy atom. The molecule has 0 saturated carbocycles.